The van der Waals surface area contributed by atoms with E-state index in [9.17, 15) is 4.79 Å². The molecule has 0 saturated carbocycles. The lowest BCUT2D eigenvalue weighted by atomic mass is 10.1. The van der Waals surface area contributed by atoms with Gasteiger partial charge in [0.1, 0.15) is 5.69 Å². The van der Waals surface area contributed by atoms with E-state index in [0.29, 0.717) is 17.8 Å². The molecule has 0 saturated heterocycles. The summed E-state index contributed by atoms with van der Waals surface area (Å²) >= 11 is 0. The lowest BCUT2D eigenvalue weighted by Crippen LogP contribution is -2.38. The first-order valence-electron chi connectivity index (χ1n) is 6.82. The summed E-state index contributed by atoms with van der Waals surface area (Å²) in [6.07, 6.45) is 2.27. The van der Waals surface area contributed by atoms with Crippen molar-refractivity contribution in [3.63, 3.8) is 0 Å². The fourth-order valence-corrected chi connectivity index (χ4v) is 2.14. The minimum absolute atomic E-state index is 0.00486. The maximum absolute atomic E-state index is 12.7. The molecule has 6 heteroatoms. The second-order valence-electron chi connectivity index (χ2n) is 4.59. The van der Waals surface area contributed by atoms with Crippen molar-refractivity contribution in [1.29, 1.82) is 0 Å². The molecule has 0 N–H and O–H groups in total. The van der Waals surface area contributed by atoms with Gasteiger partial charge in [-0.3, -0.25) is 4.79 Å². The zero-order chi connectivity index (χ0) is 14.5. The number of aromatic nitrogens is 4. The summed E-state index contributed by atoms with van der Waals surface area (Å²) in [5.74, 6) is -0.00486. The van der Waals surface area contributed by atoms with Crippen molar-refractivity contribution in [2.45, 2.75) is 33.2 Å². The van der Waals surface area contributed by atoms with Crippen LogP contribution in [0.1, 0.15) is 37.6 Å². The van der Waals surface area contributed by atoms with Crippen LogP contribution in [0, 0.1) is 0 Å². The molecule has 0 fully saturated rings. The molecule has 0 aliphatic heterocycles. The Kier molecular flexibility index (Phi) is 4.45. The van der Waals surface area contributed by atoms with Crippen LogP contribution in [0.3, 0.4) is 0 Å². The number of amides is 1. The number of carbonyl (C=O) groups is 1. The van der Waals surface area contributed by atoms with Crippen LogP contribution in [0.4, 0.5) is 0 Å². The molecule has 0 aliphatic carbocycles. The van der Waals surface area contributed by atoms with E-state index in [-0.39, 0.29) is 11.9 Å². The Bertz CT molecular complexity index is 567. The predicted molar refractivity (Wildman–Crippen MR) is 75.6 cm³/mol. The third kappa shape index (κ3) is 2.68. The van der Waals surface area contributed by atoms with Crippen LogP contribution in [-0.4, -0.2) is 43.6 Å². The Morgan fingerprint density at radius 1 is 1.35 bits per heavy atom. The Morgan fingerprint density at radius 3 is 2.70 bits per heavy atom. The Balaban J connectivity index is 2.40. The molecule has 0 spiro atoms. The molecular weight excluding hydrogens is 254 g/mol. The lowest BCUT2D eigenvalue weighted by Gasteiger charge is -2.27. The third-order valence-electron chi connectivity index (χ3n) is 3.42. The van der Waals surface area contributed by atoms with Crippen molar-refractivity contribution in [2.75, 3.05) is 6.54 Å². The smallest absolute Gasteiger partial charge is 0.256 e. The SMILES string of the molecule is CCC(C)N(CC)C(=O)c1ccccc1-n1ncnn1. The number of carbonyl (C=O) groups excluding carboxylic acids is 1. The van der Waals surface area contributed by atoms with Gasteiger partial charge in [0.2, 0.25) is 0 Å². The second kappa shape index (κ2) is 6.27. The summed E-state index contributed by atoms with van der Waals surface area (Å²) in [6.45, 7) is 6.79. The number of tetrazole rings is 1. The van der Waals surface area contributed by atoms with Gasteiger partial charge < -0.3 is 4.90 Å². The van der Waals surface area contributed by atoms with Crippen molar-refractivity contribution in [1.82, 2.24) is 25.1 Å². The van der Waals surface area contributed by atoms with Crippen molar-refractivity contribution < 1.29 is 4.79 Å². The molecule has 106 valence electrons. The molecule has 1 aromatic heterocycles. The molecule has 1 amide bonds. The minimum Gasteiger partial charge on any atom is -0.336 e. The average molecular weight is 273 g/mol. The quantitative estimate of drug-likeness (QED) is 0.835. The molecule has 20 heavy (non-hydrogen) atoms. The Labute approximate surface area is 118 Å². The molecule has 1 aromatic carbocycles. The first-order valence-corrected chi connectivity index (χ1v) is 6.82. The molecule has 6 nitrogen and oxygen atoms in total. The highest BCUT2D eigenvalue weighted by atomic mass is 16.2. The van der Waals surface area contributed by atoms with Crippen LogP contribution < -0.4 is 0 Å². The van der Waals surface area contributed by atoms with Crippen LogP contribution in [-0.2, 0) is 0 Å². The average Bonchev–Trinajstić information content (AvgIpc) is 3.01. The highest BCUT2D eigenvalue weighted by Crippen LogP contribution is 2.17. The van der Waals surface area contributed by atoms with Crippen molar-refractivity contribution in [3.05, 3.63) is 36.2 Å². The van der Waals surface area contributed by atoms with Crippen molar-refractivity contribution in [3.8, 4) is 5.69 Å². The maximum Gasteiger partial charge on any atom is 0.256 e. The highest BCUT2D eigenvalue weighted by molar-refractivity contribution is 5.97. The van der Waals surface area contributed by atoms with Crippen LogP contribution in [0.2, 0.25) is 0 Å². The Morgan fingerprint density at radius 2 is 2.10 bits per heavy atom. The molecular formula is C14H19N5O. The van der Waals surface area contributed by atoms with Crippen molar-refractivity contribution >= 4 is 5.91 Å². The van der Waals surface area contributed by atoms with Gasteiger partial charge in [0.05, 0.1) is 5.56 Å². The van der Waals surface area contributed by atoms with Gasteiger partial charge in [-0.05, 0) is 37.6 Å². The topological polar surface area (TPSA) is 63.9 Å². The number of nitrogens with zero attached hydrogens (tertiary/aromatic N) is 5. The zero-order valence-electron chi connectivity index (χ0n) is 12.0. The third-order valence-corrected chi connectivity index (χ3v) is 3.42. The fourth-order valence-electron chi connectivity index (χ4n) is 2.14. The fraction of sp³-hybridized carbons (Fsp3) is 0.429. The van der Waals surface area contributed by atoms with Gasteiger partial charge in [0, 0.05) is 12.6 Å². The van der Waals surface area contributed by atoms with Gasteiger partial charge in [-0.1, -0.05) is 19.1 Å². The van der Waals surface area contributed by atoms with Gasteiger partial charge in [0.25, 0.3) is 5.91 Å². The summed E-state index contributed by atoms with van der Waals surface area (Å²) in [7, 11) is 0. The van der Waals surface area contributed by atoms with Gasteiger partial charge in [-0.25, -0.2) is 0 Å². The van der Waals surface area contributed by atoms with Gasteiger partial charge in [0.15, 0.2) is 6.33 Å². The minimum atomic E-state index is -0.00486. The highest BCUT2D eigenvalue weighted by Gasteiger charge is 2.22. The van der Waals surface area contributed by atoms with E-state index in [1.165, 1.54) is 11.1 Å². The van der Waals surface area contributed by atoms with Crippen LogP contribution in [0.25, 0.3) is 5.69 Å². The summed E-state index contributed by atoms with van der Waals surface area (Å²) in [6, 6.07) is 7.52. The van der Waals surface area contributed by atoms with Gasteiger partial charge >= 0.3 is 0 Å². The standard InChI is InChI=1S/C14H19N5O/c1-4-11(3)18(5-2)14(20)12-8-6-7-9-13(12)19-16-10-15-17-19/h6-11H,4-5H2,1-3H3. The number of benzene rings is 1. The molecule has 2 aromatic rings. The van der Waals surface area contributed by atoms with E-state index in [1.807, 2.05) is 30.0 Å². The van der Waals surface area contributed by atoms with E-state index >= 15 is 0 Å². The number of rotatable bonds is 5. The largest absolute Gasteiger partial charge is 0.336 e. The monoisotopic (exact) mass is 273 g/mol. The maximum atomic E-state index is 12.7. The van der Waals surface area contributed by atoms with Gasteiger partial charge in [-0.2, -0.15) is 0 Å². The summed E-state index contributed by atoms with van der Waals surface area (Å²) in [4.78, 5) is 16.0. The summed E-state index contributed by atoms with van der Waals surface area (Å²) < 4.78 is 0. The molecule has 0 radical (unpaired) electrons. The van der Waals surface area contributed by atoms with E-state index in [2.05, 4.69) is 29.3 Å². The number of hydrogen-bond acceptors (Lipinski definition) is 4. The predicted octanol–water partition coefficient (Wildman–Crippen LogP) is 1.92. The molecule has 0 aliphatic rings. The van der Waals surface area contributed by atoms with E-state index in [1.54, 1.807) is 6.07 Å². The molecule has 1 unspecified atom stereocenters. The van der Waals surface area contributed by atoms with E-state index < -0.39 is 0 Å². The molecule has 1 heterocycles. The lowest BCUT2D eigenvalue weighted by molar-refractivity contribution is 0.0699. The van der Waals surface area contributed by atoms with Gasteiger partial charge in [-0.15, -0.1) is 15.0 Å². The molecule has 0 bridgehead atoms. The first kappa shape index (κ1) is 14.2. The first-order chi connectivity index (χ1) is 9.69. The normalized spacial score (nSPS) is 12.2. The number of para-hydroxylation sites is 1. The second-order valence-corrected chi connectivity index (χ2v) is 4.59. The van der Waals surface area contributed by atoms with E-state index in [0.717, 1.165) is 6.42 Å². The molecule has 2 rings (SSSR count). The summed E-state index contributed by atoms with van der Waals surface area (Å²) in [5.41, 5.74) is 1.24. The van der Waals surface area contributed by atoms with Crippen LogP contribution in [0.5, 0.6) is 0 Å². The van der Waals surface area contributed by atoms with E-state index in [4.69, 9.17) is 0 Å². The number of hydrogen-bond donors (Lipinski definition) is 0. The molecule has 1 atom stereocenters. The van der Waals surface area contributed by atoms with Crippen LogP contribution >= 0.6 is 0 Å². The zero-order valence-corrected chi connectivity index (χ0v) is 12.0. The van der Waals surface area contributed by atoms with Crippen LogP contribution in [0.15, 0.2) is 30.6 Å². The summed E-state index contributed by atoms with van der Waals surface area (Å²) in [5, 5.41) is 11.6. The van der Waals surface area contributed by atoms with Crippen molar-refractivity contribution in [2.24, 2.45) is 0 Å². The Hall–Kier alpha value is -2.24.